The van der Waals surface area contributed by atoms with E-state index < -0.39 is 5.82 Å². The fourth-order valence-electron chi connectivity index (χ4n) is 3.85. The number of nitrogens with one attached hydrogen (secondary N) is 1. The van der Waals surface area contributed by atoms with Crippen molar-refractivity contribution in [2.45, 2.75) is 38.8 Å². The Kier molecular flexibility index (Phi) is 9.08. The molecule has 9 heteroatoms. The Morgan fingerprint density at radius 2 is 2.09 bits per heavy atom. The molecule has 0 spiro atoms. The fourth-order valence-corrected chi connectivity index (χ4v) is 4.78. The van der Waals surface area contributed by atoms with Gasteiger partial charge >= 0.3 is 6.03 Å². The number of methoxy groups -OCH3 is 1. The number of para-hydroxylation sites is 1. The predicted octanol–water partition coefficient (Wildman–Crippen LogP) is 3.85. The molecule has 1 aromatic carbocycles. The minimum Gasteiger partial charge on any atom is -0.488 e. The largest absolute Gasteiger partial charge is 0.488 e. The molecule has 2 heterocycles. The summed E-state index contributed by atoms with van der Waals surface area (Å²) in [4.78, 5) is 30.6. The van der Waals surface area contributed by atoms with Gasteiger partial charge in [0.25, 0.3) is 0 Å². The number of hydrogen-bond acceptors (Lipinski definition) is 5. The molecule has 3 rings (SSSR count). The van der Waals surface area contributed by atoms with E-state index in [2.05, 4.69) is 5.32 Å². The summed E-state index contributed by atoms with van der Waals surface area (Å²) in [6.45, 7) is 5.29. The van der Waals surface area contributed by atoms with Crippen molar-refractivity contribution in [1.29, 1.82) is 0 Å². The molecule has 1 aliphatic heterocycles. The Morgan fingerprint density at radius 3 is 2.82 bits per heavy atom. The van der Waals surface area contributed by atoms with E-state index >= 15 is 0 Å². The summed E-state index contributed by atoms with van der Waals surface area (Å²) < 4.78 is 25.0. The van der Waals surface area contributed by atoms with Crippen molar-refractivity contribution < 1.29 is 23.5 Å². The zero-order valence-electron chi connectivity index (χ0n) is 19.4. The summed E-state index contributed by atoms with van der Waals surface area (Å²) >= 11 is 1.65. The SMILES string of the molecule is COCCCN(CC(=O)N1CCc2sccc2[C@H]1COc1ccccc1F)C(=O)NC(C)C. The molecule has 2 aromatic rings. The van der Waals surface area contributed by atoms with E-state index in [1.807, 2.05) is 25.3 Å². The monoisotopic (exact) mass is 477 g/mol. The van der Waals surface area contributed by atoms with Gasteiger partial charge in [0, 0.05) is 37.7 Å². The van der Waals surface area contributed by atoms with E-state index in [0.717, 1.165) is 12.0 Å². The second kappa shape index (κ2) is 12.0. The maximum Gasteiger partial charge on any atom is 0.318 e. The van der Waals surface area contributed by atoms with Crippen LogP contribution in [-0.4, -0.2) is 67.7 Å². The van der Waals surface area contributed by atoms with E-state index in [9.17, 15) is 14.0 Å². The molecule has 0 aliphatic carbocycles. The summed E-state index contributed by atoms with van der Waals surface area (Å²) in [6.07, 6.45) is 1.38. The van der Waals surface area contributed by atoms with Crippen molar-refractivity contribution in [3.8, 4) is 5.75 Å². The van der Waals surface area contributed by atoms with Gasteiger partial charge in [-0.05, 0) is 55.8 Å². The smallest absolute Gasteiger partial charge is 0.318 e. The molecule has 0 unspecified atom stereocenters. The van der Waals surface area contributed by atoms with E-state index in [1.54, 1.807) is 41.5 Å². The first-order valence-corrected chi connectivity index (χ1v) is 12.1. The second-order valence-electron chi connectivity index (χ2n) is 8.27. The summed E-state index contributed by atoms with van der Waals surface area (Å²) in [6, 6.07) is 7.58. The number of ether oxygens (including phenoxy) is 2. The molecule has 180 valence electrons. The molecule has 1 aliphatic rings. The highest BCUT2D eigenvalue weighted by Crippen LogP contribution is 2.34. The number of thiophene rings is 1. The quantitative estimate of drug-likeness (QED) is 0.528. The first-order valence-electron chi connectivity index (χ1n) is 11.2. The molecule has 1 N–H and O–H groups in total. The number of halogens is 1. The zero-order chi connectivity index (χ0) is 23.8. The fraction of sp³-hybridized carbons (Fsp3) is 0.500. The highest BCUT2D eigenvalue weighted by Gasteiger charge is 2.33. The molecule has 0 saturated heterocycles. The summed E-state index contributed by atoms with van der Waals surface area (Å²) in [5, 5.41) is 4.87. The lowest BCUT2D eigenvalue weighted by Gasteiger charge is -2.37. The average molecular weight is 478 g/mol. The maximum absolute atomic E-state index is 14.1. The topological polar surface area (TPSA) is 71.1 Å². The van der Waals surface area contributed by atoms with E-state index in [0.29, 0.717) is 26.1 Å². The molecule has 0 saturated carbocycles. The lowest BCUT2D eigenvalue weighted by molar-refractivity contribution is -0.135. The van der Waals surface area contributed by atoms with Crippen LogP contribution in [0.25, 0.3) is 0 Å². The van der Waals surface area contributed by atoms with Crippen LogP contribution in [0.3, 0.4) is 0 Å². The van der Waals surface area contributed by atoms with Crippen molar-refractivity contribution in [2.24, 2.45) is 0 Å². The van der Waals surface area contributed by atoms with Crippen LogP contribution in [0.4, 0.5) is 9.18 Å². The predicted molar refractivity (Wildman–Crippen MR) is 126 cm³/mol. The van der Waals surface area contributed by atoms with Crippen molar-refractivity contribution in [3.63, 3.8) is 0 Å². The van der Waals surface area contributed by atoms with Crippen LogP contribution < -0.4 is 10.1 Å². The number of benzene rings is 1. The van der Waals surface area contributed by atoms with Gasteiger partial charge < -0.3 is 24.6 Å². The van der Waals surface area contributed by atoms with Gasteiger partial charge in [-0.15, -0.1) is 11.3 Å². The number of amides is 3. The molecule has 0 bridgehead atoms. The summed E-state index contributed by atoms with van der Waals surface area (Å²) in [5.74, 6) is -0.443. The number of carbonyl (C=O) groups excluding carboxylic acids is 2. The van der Waals surface area contributed by atoms with Crippen LogP contribution >= 0.6 is 11.3 Å². The molecule has 33 heavy (non-hydrogen) atoms. The lowest BCUT2D eigenvalue weighted by atomic mass is 10.0. The van der Waals surface area contributed by atoms with Crippen molar-refractivity contribution in [3.05, 3.63) is 52.0 Å². The molecule has 0 radical (unpaired) electrons. The Hall–Kier alpha value is -2.65. The van der Waals surface area contributed by atoms with Gasteiger partial charge in [-0.25, -0.2) is 9.18 Å². The normalized spacial score (nSPS) is 15.3. The van der Waals surface area contributed by atoms with Crippen molar-refractivity contribution >= 4 is 23.3 Å². The highest BCUT2D eigenvalue weighted by molar-refractivity contribution is 7.10. The first kappa shape index (κ1) is 25.0. The van der Waals surface area contributed by atoms with Crippen LogP contribution in [0, 0.1) is 5.82 Å². The minimum absolute atomic E-state index is 0.0391. The first-order chi connectivity index (χ1) is 15.9. The summed E-state index contributed by atoms with van der Waals surface area (Å²) in [7, 11) is 1.61. The van der Waals surface area contributed by atoms with Gasteiger partial charge in [-0.1, -0.05) is 12.1 Å². The number of carbonyl (C=O) groups is 2. The van der Waals surface area contributed by atoms with E-state index in [-0.39, 0.29) is 42.9 Å². The molecular weight excluding hydrogens is 445 g/mol. The summed E-state index contributed by atoms with van der Waals surface area (Å²) in [5.41, 5.74) is 1.02. The number of urea groups is 1. The van der Waals surface area contributed by atoms with Crippen LogP contribution in [0.2, 0.25) is 0 Å². The Morgan fingerprint density at radius 1 is 1.30 bits per heavy atom. The second-order valence-corrected chi connectivity index (χ2v) is 9.27. The maximum atomic E-state index is 14.1. The lowest BCUT2D eigenvalue weighted by Crippen LogP contribution is -2.51. The van der Waals surface area contributed by atoms with Crippen LogP contribution in [0.15, 0.2) is 35.7 Å². The van der Waals surface area contributed by atoms with Crippen LogP contribution in [0.1, 0.15) is 36.8 Å². The Bertz CT molecular complexity index is 936. The number of fused-ring (bicyclic) bond motifs is 1. The highest BCUT2D eigenvalue weighted by atomic mass is 32.1. The van der Waals surface area contributed by atoms with Crippen molar-refractivity contribution in [2.75, 3.05) is 40.0 Å². The van der Waals surface area contributed by atoms with E-state index in [4.69, 9.17) is 9.47 Å². The van der Waals surface area contributed by atoms with Gasteiger partial charge in [0.15, 0.2) is 11.6 Å². The van der Waals surface area contributed by atoms with Crippen LogP contribution in [0.5, 0.6) is 5.75 Å². The molecular formula is C24H32FN3O4S. The van der Waals surface area contributed by atoms with Gasteiger partial charge in [-0.2, -0.15) is 0 Å². The van der Waals surface area contributed by atoms with Gasteiger partial charge in [0.05, 0.1) is 6.04 Å². The molecule has 3 amide bonds. The molecule has 7 nitrogen and oxygen atoms in total. The minimum atomic E-state index is -0.439. The average Bonchev–Trinajstić information content (AvgIpc) is 3.26. The van der Waals surface area contributed by atoms with Gasteiger partial charge in [0.2, 0.25) is 5.91 Å². The molecule has 1 aromatic heterocycles. The van der Waals surface area contributed by atoms with Gasteiger partial charge in [0.1, 0.15) is 13.2 Å². The van der Waals surface area contributed by atoms with E-state index in [1.165, 1.54) is 15.8 Å². The zero-order valence-corrected chi connectivity index (χ0v) is 20.2. The third kappa shape index (κ3) is 6.68. The molecule has 0 fully saturated rings. The Labute approximate surface area is 198 Å². The number of hydrogen-bond donors (Lipinski definition) is 1. The van der Waals surface area contributed by atoms with Crippen molar-refractivity contribution in [1.82, 2.24) is 15.1 Å². The Balaban J connectivity index is 1.75. The third-order valence-electron chi connectivity index (χ3n) is 5.45. The van der Waals surface area contributed by atoms with Crippen LogP contribution in [-0.2, 0) is 16.0 Å². The van der Waals surface area contributed by atoms with Gasteiger partial charge in [-0.3, -0.25) is 4.79 Å². The number of nitrogens with zero attached hydrogens (tertiary/aromatic N) is 2. The number of rotatable bonds is 10. The molecule has 1 atom stereocenters. The third-order valence-corrected chi connectivity index (χ3v) is 6.45. The standard InChI is InChI=1S/C24H32FN3O4S/c1-17(2)26-24(30)27(11-6-13-31-3)15-23(29)28-12-9-22-18(10-14-33-22)20(28)16-32-21-8-5-4-7-19(21)25/h4-5,7-8,10,14,17,20H,6,9,11-13,15-16H2,1-3H3,(H,26,30)/t20-/m1/s1.